The van der Waals surface area contributed by atoms with E-state index in [1.807, 2.05) is 7.05 Å². The predicted octanol–water partition coefficient (Wildman–Crippen LogP) is 0.329. The average molecular weight is 451 g/mol. The van der Waals surface area contributed by atoms with Gasteiger partial charge in [-0.25, -0.2) is 0 Å². The Hall–Kier alpha value is -2.82. The van der Waals surface area contributed by atoms with Gasteiger partial charge < -0.3 is 35.1 Å². The standard InChI is InChI=1S/C22H34N4O6/c1-23-9-12-31-14-15-32-13-10-25-19-7-4-6-17(18(19)16-28)22(30)26(3)20(8-5-11-27)21(29)24-2/h4,6-7,11,16,20,23,25H,5,8-10,12-15H2,1-3H3,(H,24,29). The van der Waals surface area contributed by atoms with Crippen LogP contribution in [0.4, 0.5) is 5.69 Å². The number of nitrogens with one attached hydrogen (secondary N) is 3. The summed E-state index contributed by atoms with van der Waals surface area (Å²) in [5, 5.41) is 8.59. The Kier molecular flexibility index (Phi) is 13.5. The highest BCUT2D eigenvalue weighted by Crippen LogP contribution is 2.21. The van der Waals surface area contributed by atoms with E-state index in [1.54, 1.807) is 12.1 Å². The fourth-order valence-corrected chi connectivity index (χ4v) is 3.01. The molecule has 0 saturated heterocycles. The molecule has 1 rings (SSSR count). The fourth-order valence-electron chi connectivity index (χ4n) is 3.01. The van der Waals surface area contributed by atoms with Gasteiger partial charge in [0, 0.05) is 39.3 Å². The first-order valence-corrected chi connectivity index (χ1v) is 10.6. The van der Waals surface area contributed by atoms with Crippen LogP contribution in [0.3, 0.4) is 0 Å². The third-order valence-electron chi connectivity index (χ3n) is 4.78. The van der Waals surface area contributed by atoms with Crippen LogP contribution in [0.15, 0.2) is 18.2 Å². The summed E-state index contributed by atoms with van der Waals surface area (Å²) in [6.07, 6.45) is 1.64. The van der Waals surface area contributed by atoms with Crippen LogP contribution in [0.1, 0.15) is 33.6 Å². The molecular formula is C22H34N4O6. The number of hydrogen-bond acceptors (Lipinski definition) is 8. The molecule has 1 atom stereocenters. The second kappa shape index (κ2) is 15.9. The summed E-state index contributed by atoms with van der Waals surface area (Å²) < 4.78 is 10.9. The third-order valence-corrected chi connectivity index (χ3v) is 4.78. The Labute approximate surface area is 189 Å². The molecule has 0 saturated carbocycles. The van der Waals surface area contributed by atoms with Crippen molar-refractivity contribution in [3.8, 4) is 0 Å². The van der Waals surface area contributed by atoms with E-state index < -0.39 is 11.9 Å². The van der Waals surface area contributed by atoms with E-state index >= 15 is 0 Å². The third kappa shape index (κ3) is 8.74. The van der Waals surface area contributed by atoms with E-state index in [2.05, 4.69) is 16.0 Å². The summed E-state index contributed by atoms with van der Waals surface area (Å²) >= 11 is 0. The first-order valence-electron chi connectivity index (χ1n) is 10.6. The molecule has 10 heteroatoms. The summed E-state index contributed by atoms with van der Waals surface area (Å²) in [5.41, 5.74) is 0.870. The van der Waals surface area contributed by atoms with Gasteiger partial charge >= 0.3 is 0 Å². The largest absolute Gasteiger partial charge is 0.382 e. The molecule has 1 aromatic rings. The Balaban J connectivity index is 2.75. The molecule has 0 aliphatic rings. The summed E-state index contributed by atoms with van der Waals surface area (Å²) in [7, 11) is 4.80. The van der Waals surface area contributed by atoms with Gasteiger partial charge in [0.1, 0.15) is 12.3 Å². The van der Waals surface area contributed by atoms with Gasteiger partial charge in [-0.15, -0.1) is 0 Å². The lowest BCUT2D eigenvalue weighted by molar-refractivity contribution is -0.125. The molecule has 0 heterocycles. The monoisotopic (exact) mass is 450 g/mol. The molecule has 0 radical (unpaired) electrons. The van der Waals surface area contributed by atoms with Crippen molar-refractivity contribution in [1.82, 2.24) is 15.5 Å². The Bertz CT molecular complexity index is 743. The van der Waals surface area contributed by atoms with E-state index in [9.17, 15) is 19.2 Å². The lowest BCUT2D eigenvalue weighted by Crippen LogP contribution is -2.47. The van der Waals surface area contributed by atoms with Crippen LogP contribution >= 0.6 is 0 Å². The zero-order chi connectivity index (χ0) is 23.8. The van der Waals surface area contributed by atoms with Gasteiger partial charge in [-0.2, -0.15) is 0 Å². The number of ether oxygens (including phenoxy) is 2. The molecule has 0 spiro atoms. The number of hydrogen-bond donors (Lipinski definition) is 3. The van der Waals surface area contributed by atoms with Crippen LogP contribution < -0.4 is 16.0 Å². The smallest absolute Gasteiger partial charge is 0.255 e. The molecule has 0 fully saturated rings. The summed E-state index contributed by atoms with van der Waals surface area (Å²) in [6, 6.07) is 4.07. The molecule has 0 aromatic heterocycles. The molecule has 3 N–H and O–H groups in total. The fraction of sp³-hybridized carbons (Fsp3) is 0.545. The number of aldehydes is 2. The SMILES string of the molecule is CNCCOCCOCCNc1cccc(C(=O)N(C)C(CCC=O)C(=O)NC)c1C=O. The molecule has 0 bridgehead atoms. The van der Waals surface area contributed by atoms with Crippen LogP contribution in [0, 0.1) is 0 Å². The number of rotatable bonds is 17. The maximum atomic E-state index is 13.1. The highest BCUT2D eigenvalue weighted by atomic mass is 16.5. The predicted molar refractivity (Wildman–Crippen MR) is 121 cm³/mol. The van der Waals surface area contributed by atoms with Gasteiger partial charge in [0.05, 0.1) is 37.6 Å². The van der Waals surface area contributed by atoms with Crippen molar-refractivity contribution in [2.24, 2.45) is 0 Å². The first-order chi connectivity index (χ1) is 15.5. The minimum Gasteiger partial charge on any atom is -0.382 e. The van der Waals surface area contributed by atoms with Gasteiger partial charge in [0.25, 0.3) is 5.91 Å². The summed E-state index contributed by atoms with van der Waals surface area (Å²) in [5.74, 6) is -0.859. The van der Waals surface area contributed by atoms with Crippen molar-refractivity contribution >= 4 is 30.1 Å². The van der Waals surface area contributed by atoms with Gasteiger partial charge in [-0.05, 0) is 25.6 Å². The van der Waals surface area contributed by atoms with Crippen LogP contribution in [0.2, 0.25) is 0 Å². The number of anilines is 1. The van der Waals surface area contributed by atoms with E-state index in [0.29, 0.717) is 51.2 Å². The van der Waals surface area contributed by atoms with Crippen LogP contribution in [0.25, 0.3) is 0 Å². The number of likely N-dealkylation sites (N-methyl/N-ethyl adjacent to an activating group) is 3. The Morgan fingerprint density at radius 3 is 2.34 bits per heavy atom. The number of benzene rings is 1. The second-order valence-corrected chi connectivity index (χ2v) is 6.93. The van der Waals surface area contributed by atoms with E-state index in [1.165, 1.54) is 25.1 Å². The Morgan fingerprint density at radius 1 is 1.06 bits per heavy atom. The van der Waals surface area contributed by atoms with Gasteiger partial charge in [-0.3, -0.25) is 14.4 Å². The van der Waals surface area contributed by atoms with Crippen LogP contribution in [-0.2, 0) is 19.1 Å². The molecule has 10 nitrogen and oxygen atoms in total. The van der Waals surface area contributed by atoms with E-state index in [4.69, 9.17) is 9.47 Å². The number of carbonyl (C=O) groups excluding carboxylic acids is 4. The summed E-state index contributed by atoms with van der Waals surface area (Å²) in [4.78, 5) is 49.0. The quantitative estimate of drug-likeness (QED) is 0.229. The van der Waals surface area contributed by atoms with Crippen LogP contribution in [0.5, 0.6) is 0 Å². The number of carbonyl (C=O) groups is 4. The van der Waals surface area contributed by atoms with Crippen molar-refractivity contribution in [1.29, 1.82) is 0 Å². The highest BCUT2D eigenvalue weighted by Gasteiger charge is 2.28. The molecule has 1 aromatic carbocycles. The van der Waals surface area contributed by atoms with E-state index in [-0.39, 0.29) is 29.9 Å². The Morgan fingerprint density at radius 2 is 1.75 bits per heavy atom. The molecule has 178 valence electrons. The topological polar surface area (TPSA) is 126 Å². The van der Waals surface area contributed by atoms with Crippen LogP contribution in [-0.4, -0.2) is 96.0 Å². The number of nitrogens with zero attached hydrogens (tertiary/aromatic N) is 1. The minimum atomic E-state index is -0.822. The molecule has 0 aliphatic carbocycles. The van der Waals surface area contributed by atoms with Gasteiger partial charge in [-0.1, -0.05) is 6.07 Å². The molecule has 2 amide bonds. The molecule has 1 unspecified atom stereocenters. The molecule has 32 heavy (non-hydrogen) atoms. The maximum absolute atomic E-state index is 13.1. The van der Waals surface area contributed by atoms with E-state index in [0.717, 1.165) is 6.54 Å². The molecular weight excluding hydrogens is 416 g/mol. The average Bonchev–Trinajstić information content (AvgIpc) is 2.82. The minimum absolute atomic E-state index is 0.137. The second-order valence-electron chi connectivity index (χ2n) is 6.93. The first kappa shape index (κ1) is 27.2. The summed E-state index contributed by atoms with van der Waals surface area (Å²) in [6.45, 7) is 3.18. The zero-order valence-corrected chi connectivity index (χ0v) is 19.0. The van der Waals surface area contributed by atoms with Crippen molar-refractivity contribution in [2.75, 3.05) is 66.0 Å². The maximum Gasteiger partial charge on any atom is 0.255 e. The van der Waals surface area contributed by atoms with Crippen molar-refractivity contribution in [3.05, 3.63) is 29.3 Å². The number of amides is 2. The van der Waals surface area contributed by atoms with Gasteiger partial charge in [0.15, 0.2) is 6.29 Å². The zero-order valence-electron chi connectivity index (χ0n) is 19.0. The highest BCUT2D eigenvalue weighted by molar-refractivity contribution is 6.05. The van der Waals surface area contributed by atoms with Crippen molar-refractivity contribution in [3.63, 3.8) is 0 Å². The molecule has 0 aliphatic heterocycles. The van der Waals surface area contributed by atoms with Crippen molar-refractivity contribution < 1.29 is 28.7 Å². The normalized spacial score (nSPS) is 11.5. The van der Waals surface area contributed by atoms with Gasteiger partial charge in [0.2, 0.25) is 5.91 Å². The lowest BCUT2D eigenvalue weighted by atomic mass is 10.0. The lowest BCUT2D eigenvalue weighted by Gasteiger charge is -2.27. The van der Waals surface area contributed by atoms with Crippen molar-refractivity contribution in [2.45, 2.75) is 18.9 Å².